The molecule has 0 saturated carbocycles. The zero-order chi connectivity index (χ0) is 21.0. The molecule has 2 aromatic carbocycles. The molecule has 7 heteroatoms. The maximum Gasteiger partial charge on any atom is 0.254 e. The first-order valence-electron chi connectivity index (χ1n) is 9.66. The Hall–Kier alpha value is -2.44. The van der Waals surface area contributed by atoms with Gasteiger partial charge in [0.1, 0.15) is 5.82 Å². The first-order valence-corrected chi connectivity index (χ1v) is 10.0. The third-order valence-corrected chi connectivity index (χ3v) is 5.44. The summed E-state index contributed by atoms with van der Waals surface area (Å²) in [4.78, 5) is 28.7. The largest absolute Gasteiger partial charge is 0.348 e. The Kier molecular flexibility index (Phi) is 6.87. The highest BCUT2D eigenvalue weighted by atomic mass is 35.5. The van der Waals surface area contributed by atoms with Crippen LogP contribution < -0.4 is 5.32 Å². The first-order chi connectivity index (χ1) is 13.8. The molecule has 154 valence electrons. The lowest BCUT2D eigenvalue weighted by atomic mass is 10.1. The van der Waals surface area contributed by atoms with Crippen LogP contribution in [0.5, 0.6) is 0 Å². The topological polar surface area (TPSA) is 52.7 Å². The normalized spacial score (nSPS) is 15.8. The Morgan fingerprint density at radius 3 is 2.38 bits per heavy atom. The molecule has 0 aromatic heterocycles. The summed E-state index contributed by atoms with van der Waals surface area (Å²) in [5.74, 6) is -0.613. The lowest BCUT2D eigenvalue weighted by molar-refractivity contribution is -0.123. The Labute approximate surface area is 175 Å². The molecule has 0 radical (unpaired) electrons. The van der Waals surface area contributed by atoms with E-state index in [-0.39, 0.29) is 30.2 Å². The van der Waals surface area contributed by atoms with Crippen molar-refractivity contribution in [2.45, 2.75) is 19.9 Å². The van der Waals surface area contributed by atoms with Gasteiger partial charge in [0.05, 0.1) is 12.6 Å². The highest BCUT2D eigenvalue weighted by molar-refractivity contribution is 6.30. The van der Waals surface area contributed by atoms with Crippen molar-refractivity contribution >= 4 is 23.4 Å². The number of amides is 2. The number of piperazine rings is 1. The molecule has 1 atom stereocenters. The number of hydrogen-bond donors (Lipinski definition) is 1. The Balaban J connectivity index is 1.47. The number of benzene rings is 2. The molecule has 1 aliphatic heterocycles. The van der Waals surface area contributed by atoms with Crippen LogP contribution in [0.3, 0.4) is 0 Å². The SMILES string of the molecule is Cc1ccc(C(=O)N2CCN(CC(=O)NC(C)c3ccc(Cl)cc3)CC2)cc1F. The summed E-state index contributed by atoms with van der Waals surface area (Å²) in [6.07, 6.45) is 0. The summed E-state index contributed by atoms with van der Waals surface area (Å²) in [5.41, 5.74) is 1.87. The number of rotatable bonds is 5. The lowest BCUT2D eigenvalue weighted by Crippen LogP contribution is -2.51. The Morgan fingerprint density at radius 1 is 1.10 bits per heavy atom. The average molecular weight is 418 g/mol. The fourth-order valence-electron chi connectivity index (χ4n) is 3.34. The highest BCUT2D eigenvalue weighted by Crippen LogP contribution is 2.16. The van der Waals surface area contributed by atoms with Gasteiger partial charge in [-0.1, -0.05) is 29.8 Å². The van der Waals surface area contributed by atoms with Crippen LogP contribution in [0.1, 0.15) is 34.5 Å². The van der Waals surface area contributed by atoms with Crippen LogP contribution in [-0.2, 0) is 4.79 Å². The quantitative estimate of drug-likeness (QED) is 0.811. The summed E-state index contributed by atoms with van der Waals surface area (Å²) in [6.45, 7) is 6.09. The highest BCUT2D eigenvalue weighted by Gasteiger charge is 2.24. The second-order valence-corrected chi connectivity index (χ2v) is 7.81. The van der Waals surface area contributed by atoms with E-state index >= 15 is 0 Å². The molecule has 1 heterocycles. The van der Waals surface area contributed by atoms with Gasteiger partial charge in [-0.25, -0.2) is 4.39 Å². The van der Waals surface area contributed by atoms with Crippen molar-refractivity contribution in [1.29, 1.82) is 0 Å². The number of aryl methyl sites for hydroxylation is 1. The van der Waals surface area contributed by atoms with Gasteiger partial charge in [-0.05, 0) is 49.2 Å². The predicted octanol–water partition coefficient (Wildman–Crippen LogP) is 3.42. The molecular formula is C22H25ClFN3O2. The molecule has 3 rings (SSSR count). The fourth-order valence-corrected chi connectivity index (χ4v) is 3.47. The molecular weight excluding hydrogens is 393 g/mol. The lowest BCUT2D eigenvalue weighted by Gasteiger charge is -2.34. The molecule has 0 spiro atoms. The van der Waals surface area contributed by atoms with Gasteiger partial charge in [0.25, 0.3) is 5.91 Å². The maximum atomic E-state index is 13.7. The van der Waals surface area contributed by atoms with Crippen molar-refractivity contribution < 1.29 is 14.0 Å². The molecule has 0 aliphatic carbocycles. The monoisotopic (exact) mass is 417 g/mol. The molecule has 5 nitrogen and oxygen atoms in total. The number of carbonyl (C=O) groups excluding carboxylic acids is 2. The summed E-state index contributed by atoms with van der Waals surface area (Å²) in [6, 6.07) is 11.8. The molecule has 1 fully saturated rings. The third kappa shape index (κ3) is 5.55. The number of nitrogens with one attached hydrogen (secondary N) is 1. The van der Waals surface area contributed by atoms with Crippen LogP contribution in [0.4, 0.5) is 4.39 Å². The number of carbonyl (C=O) groups is 2. The van der Waals surface area contributed by atoms with Gasteiger partial charge in [0.2, 0.25) is 5.91 Å². The van der Waals surface area contributed by atoms with E-state index in [0.717, 1.165) is 5.56 Å². The number of hydrogen-bond acceptors (Lipinski definition) is 3. The van der Waals surface area contributed by atoms with E-state index < -0.39 is 0 Å². The van der Waals surface area contributed by atoms with Gasteiger partial charge >= 0.3 is 0 Å². The summed E-state index contributed by atoms with van der Waals surface area (Å²) in [5, 5.41) is 3.65. The zero-order valence-electron chi connectivity index (χ0n) is 16.6. The van der Waals surface area contributed by atoms with Gasteiger partial charge in [-0.3, -0.25) is 14.5 Å². The van der Waals surface area contributed by atoms with E-state index in [1.54, 1.807) is 36.1 Å². The van der Waals surface area contributed by atoms with Crippen molar-refractivity contribution in [3.05, 3.63) is 70.0 Å². The molecule has 1 unspecified atom stereocenters. The minimum Gasteiger partial charge on any atom is -0.348 e. The van der Waals surface area contributed by atoms with E-state index in [4.69, 9.17) is 11.6 Å². The van der Waals surface area contributed by atoms with Gasteiger partial charge in [-0.15, -0.1) is 0 Å². The molecule has 1 saturated heterocycles. The molecule has 2 amide bonds. The zero-order valence-corrected chi connectivity index (χ0v) is 17.4. The first kappa shape index (κ1) is 21.3. The van der Waals surface area contributed by atoms with Crippen molar-refractivity contribution in [3.63, 3.8) is 0 Å². The third-order valence-electron chi connectivity index (χ3n) is 5.19. The van der Waals surface area contributed by atoms with Crippen molar-refractivity contribution in [3.8, 4) is 0 Å². The smallest absolute Gasteiger partial charge is 0.254 e. The average Bonchev–Trinajstić information content (AvgIpc) is 2.70. The Bertz CT molecular complexity index is 880. The fraction of sp³-hybridized carbons (Fsp3) is 0.364. The van der Waals surface area contributed by atoms with Gasteiger partial charge in [-0.2, -0.15) is 0 Å². The van der Waals surface area contributed by atoms with E-state index in [9.17, 15) is 14.0 Å². The molecule has 1 N–H and O–H groups in total. The maximum absolute atomic E-state index is 13.7. The van der Waals surface area contributed by atoms with Crippen molar-refractivity contribution in [2.75, 3.05) is 32.7 Å². The second kappa shape index (κ2) is 9.37. The van der Waals surface area contributed by atoms with Gasteiger partial charge in [0, 0.05) is 36.8 Å². The molecule has 0 bridgehead atoms. The molecule has 1 aliphatic rings. The molecule has 2 aromatic rings. The van der Waals surface area contributed by atoms with E-state index in [1.165, 1.54) is 6.07 Å². The standard InChI is InChI=1S/C22H25ClFN3O2/c1-15-3-4-18(13-20(15)24)22(29)27-11-9-26(10-12-27)14-21(28)25-16(2)17-5-7-19(23)8-6-17/h3-8,13,16H,9-12,14H2,1-2H3,(H,25,28). The number of halogens is 2. The minimum atomic E-state index is -0.374. The number of nitrogens with zero attached hydrogens (tertiary/aromatic N) is 2. The summed E-state index contributed by atoms with van der Waals surface area (Å²) < 4.78 is 13.7. The van der Waals surface area contributed by atoms with Gasteiger partial charge in [0.15, 0.2) is 0 Å². The van der Waals surface area contributed by atoms with Crippen LogP contribution in [0, 0.1) is 12.7 Å². The minimum absolute atomic E-state index is 0.0622. The van der Waals surface area contributed by atoms with Gasteiger partial charge < -0.3 is 10.2 Å². The van der Waals surface area contributed by atoms with E-state index in [2.05, 4.69) is 5.32 Å². The van der Waals surface area contributed by atoms with Crippen LogP contribution in [0.25, 0.3) is 0 Å². The van der Waals surface area contributed by atoms with Crippen LogP contribution >= 0.6 is 11.6 Å². The van der Waals surface area contributed by atoms with Crippen LogP contribution in [-0.4, -0.2) is 54.3 Å². The molecule has 29 heavy (non-hydrogen) atoms. The van der Waals surface area contributed by atoms with Crippen LogP contribution in [0.2, 0.25) is 5.02 Å². The van der Waals surface area contributed by atoms with E-state index in [0.29, 0.717) is 42.3 Å². The summed E-state index contributed by atoms with van der Waals surface area (Å²) >= 11 is 5.90. The summed E-state index contributed by atoms with van der Waals surface area (Å²) in [7, 11) is 0. The van der Waals surface area contributed by atoms with Crippen molar-refractivity contribution in [2.24, 2.45) is 0 Å². The predicted molar refractivity (Wildman–Crippen MR) is 111 cm³/mol. The van der Waals surface area contributed by atoms with Crippen LogP contribution in [0.15, 0.2) is 42.5 Å². The Morgan fingerprint density at radius 2 is 1.76 bits per heavy atom. The van der Waals surface area contributed by atoms with E-state index in [1.807, 2.05) is 24.0 Å². The second-order valence-electron chi connectivity index (χ2n) is 7.37. The van der Waals surface area contributed by atoms with Crippen molar-refractivity contribution in [1.82, 2.24) is 15.1 Å².